The van der Waals surface area contributed by atoms with Crippen molar-refractivity contribution in [2.75, 3.05) is 0 Å². The van der Waals surface area contributed by atoms with Crippen LogP contribution in [0, 0.1) is 22.7 Å². The largest absolute Gasteiger partial charge is 0.0617 e. The molecule has 2 saturated carbocycles. The molecular weight excluding hydrogens is 108 g/mol. The molecule has 0 spiro atoms. The highest BCUT2D eigenvalue weighted by molar-refractivity contribution is 5.21. The predicted molar refractivity (Wildman–Crippen MR) is 39.2 cm³/mol. The van der Waals surface area contributed by atoms with Crippen LogP contribution in [0.2, 0.25) is 0 Å². The van der Waals surface area contributed by atoms with E-state index in [0.717, 1.165) is 17.3 Å². The fraction of sp³-hybridized carbons (Fsp3) is 1.00. The molecule has 0 bridgehead atoms. The maximum Gasteiger partial charge on any atom is -0.0238 e. The molecule has 0 aliphatic heterocycles. The Hall–Kier alpha value is 0. The van der Waals surface area contributed by atoms with Crippen LogP contribution < -0.4 is 0 Å². The summed E-state index contributed by atoms with van der Waals surface area (Å²) >= 11 is 0. The first-order chi connectivity index (χ1) is 4.00. The van der Waals surface area contributed by atoms with Crippen LogP contribution in [0.5, 0.6) is 0 Å². The molecule has 3 atom stereocenters. The lowest BCUT2D eigenvalue weighted by Gasteiger charge is -2.49. The number of rotatable bonds is 0. The van der Waals surface area contributed by atoms with E-state index in [4.69, 9.17) is 0 Å². The molecule has 2 fully saturated rings. The number of hydrogen-bond donors (Lipinski definition) is 0. The smallest absolute Gasteiger partial charge is 0.0238 e. The highest BCUT2D eigenvalue weighted by Crippen LogP contribution is 2.79. The van der Waals surface area contributed by atoms with Crippen LogP contribution in [0.25, 0.3) is 0 Å². The number of hydrogen-bond acceptors (Lipinski definition) is 0. The molecular formula is C9H16. The first-order valence-electron chi connectivity index (χ1n) is 4.00. The molecule has 2 rings (SSSR count). The SMILES string of the molecule is CC1C2CC2(C)C1(C)C. The molecule has 0 aromatic carbocycles. The third kappa shape index (κ3) is 0.367. The minimum absolute atomic E-state index is 0.650. The zero-order chi connectivity index (χ0) is 6.86. The van der Waals surface area contributed by atoms with E-state index in [1.165, 1.54) is 6.42 Å². The van der Waals surface area contributed by atoms with Gasteiger partial charge in [0.15, 0.2) is 0 Å². The highest BCUT2D eigenvalue weighted by Gasteiger charge is 2.73. The molecule has 2 aliphatic rings. The second kappa shape index (κ2) is 1.09. The second-order valence-corrected chi connectivity index (χ2v) is 4.74. The molecule has 0 radical (unpaired) electrons. The molecule has 3 unspecified atom stereocenters. The van der Waals surface area contributed by atoms with Gasteiger partial charge in [0.1, 0.15) is 0 Å². The maximum absolute atomic E-state index is 2.44. The molecule has 0 heteroatoms. The first-order valence-corrected chi connectivity index (χ1v) is 4.00. The van der Waals surface area contributed by atoms with Crippen molar-refractivity contribution in [1.82, 2.24) is 0 Å². The monoisotopic (exact) mass is 124 g/mol. The van der Waals surface area contributed by atoms with E-state index in [2.05, 4.69) is 27.7 Å². The van der Waals surface area contributed by atoms with Gasteiger partial charge in [-0.15, -0.1) is 0 Å². The molecule has 0 N–H and O–H groups in total. The van der Waals surface area contributed by atoms with E-state index >= 15 is 0 Å². The molecule has 0 saturated heterocycles. The second-order valence-electron chi connectivity index (χ2n) is 4.74. The van der Waals surface area contributed by atoms with Gasteiger partial charge < -0.3 is 0 Å². The Morgan fingerprint density at radius 1 is 1.22 bits per heavy atom. The summed E-state index contributed by atoms with van der Waals surface area (Å²) in [5, 5.41) is 0. The molecule has 0 aromatic heterocycles. The van der Waals surface area contributed by atoms with Gasteiger partial charge in [0.05, 0.1) is 0 Å². The fourth-order valence-corrected chi connectivity index (χ4v) is 2.79. The van der Waals surface area contributed by atoms with Crippen LogP contribution in [0.1, 0.15) is 34.1 Å². The molecule has 0 nitrogen and oxygen atoms in total. The zero-order valence-corrected chi connectivity index (χ0v) is 6.86. The summed E-state index contributed by atoms with van der Waals surface area (Å²) in [5.41, 5.74) is 1.41. The Morgan fingerprint density at radius 2 is 1.78 bits per heavy atom. The van der Waals surface area contributed by atoms with E-state index < -0.39 is 0 Å². The van der Waals surface area contributed by atoms with Crippen molar-refractivity contribution >= 4 is 0 Å². The summed E-state index contributed by atoms with van der Waals surface area (Å²) in [6.07, 6.45) is 1.50. The van der Waals surface area contributed by atoms with Gasteiger partial charge in [-0.2, -0.15) is 0 Å². The Morgan fingerprint density at radius 3 is 1.89 bits per heavy atom. The Bertz CT molecular complexity index is 157. The van der Waals surface area contributed by atoms with Crippen molar-refractivity contribution < 1.29 is 0 Å². The fourth-order valence-electron chi connectivity index (χ4n) is 2.79. The standard InChI is InChI=1S/C9H16/c1-6-7-5-9(7,4)8(6,2)3/h6-7H,5H2,1-4H3. The van der Waals surface area contributed by atoms with Crippen molar-refractivity contribution in [2.24, 2.45) is 22.7 Å². The highest BCUT2D eigenvalue weighted by atomic mass is 14.8. The maximum atomic E-state index is 2.44. The molecule has 2 aliphatic carbocycles. The minimum atomic E-state index is 0.650. The summed E-state index contributed by atoms with van der Waals surface area (Å²) in [5.74, 6) is 2.08. The average Bonchev–Trinajstić information content (AvgIpc) is 2.40. The lowest BCUT2D eigenvalue weighted by atomic mass is 9.56. The van der Waals surface area contributed by atoms with Crippen molar-refractivity contribution in [2.45, 2.75) is 34.1 Å². The molecule has 9 heavy (non-hydrogen) atoms. The first kappa shape index (κ1) is 5.76. The van der Waals surface area contributed by atoms with Gasteiger partial charge in [-0.1, -0.05) is 27.7 Å². The van der Waals surface area contributed by atoms with Gasteiger partial charge in [0.2, 0.25) is 0 Å². The van der Waals surface area contributed by atoms with Crippen LogP contribution in [-0.2, 0) is 0 Å². The lowest BCUT2D eigenvalue weighted by molar-refractivity contribution is -0.00718. The molecule has 0 amide bonds. The molecule has 0 heterocycles. The summed E-state index contributed by atoms with van der Waals surface area (Å²) < 4.78 is 0. The summed E-state index contributed by atoms with van der Waals surface area (Å²) in [6, 6.07) is 0. The average molecular weight is 124 g/mol. The van der Waals surface area contributed by atoms with Crippen molar-refractivity contribution in [3.63, 3.8) is 0 Å². The van der Waals surface area contributed by atoms with Gasteiger partial charge in [-0.05, 0) is 29.1 Å². The third-order valence-electron chi connectivity index (χ3n) is 4.52. The van der Waals surface area contributed by atoms with Crippen LogP contribution in [-0.4, -0.2) is 0 Å². The van der Waals surface area contributed by atoms with E-state index in [9.17, 15) is 0 Å². The van der Waals surface area contributed by atoms with E-state index in [1.54, 1.807) is 0 Å². The quantitative estimate of drug-likeness (QED) is 0.465. The normalized spacial score (nSPS) is 60.0. The van der Waals surface area contributed by atoms with E-state index in [0.29, 0.717) is 5.41 Å². The Labute approximate surface area is 57.6 Å². The molecule has 52 valence electrons. The van der Waals surface area contributed by atoms with Crippen molar-refractivity contribution in [3.05, 3.63) is 0 Å². The van der Waals surface area contributed by atoms with Gasteiger partial charge in [-0.25, -0.2) is 0 Å². The summed E-state index contributed by atoms with van der Waals surface area (Å²) in [4.78, 5) is 0. The minimum Gasteiger partial charge on any atom is -0.0617 e. The van der Waals surface area contributed by atoms with Gasteiger partial charge in [-0.3, -0.25) is 0 Å². The Kier molecular flexibility index (Phi) is 0.695. The van der Waals surface area contributed by atoms with Crippen LogP contribution in [0.4, 0.5) is 0 Å². The van der Waals surface area contributed by atoms with E-state index in [1.807, 2.05) is 0 Å². The lowest BCUT2D eigenvalue weighted by Crippen LogP contribution is -2.43. The summed E-state index contributed by atoms with van der Waals surface area (Å²) in [7, 11) is 0. The van der Waals surface area contributed by atoms with E-state index in [-0.39, 0.29) is 0 Å². The van der Waals surface area contributed by atoms with Gasteiger partial charge in [0, 0.05) is 0 Å². The zero-order valence-electron chi connectivity index (χ0n) is 6.86. The number of fused-ring (bicyclic) bond motifs is 1. The summed E-state index contributed by atoms with van der Waals surface area (Å²) in [6.45, 7) is 9.68. The third-order valence-corrected chi connectivity index (χ3v) is 4.52. The van der Waals surface area contributed by atoms with Crippen LogP contribution >= 0.6 is 0 Å². The van der Waals surface area contributed by atoms with Gasteiger partial charge in [0.25, 0.3) is 0 Å². The van der Waals surface area contributed by atoms with Crippen LogP contribution in [0.3, 0.4) is 0 Å². The van der Waals surface area contributed by atoms with Gasteiger partial charge >= 0.3 is 0 Å². The predicted octanol–water partition coefficient (Wildman–Crippen LogP) is 2.69. The van der Waals surface area contributed by atoms with Crippen molar-refractivity contribution in [3.8, 4) is 0 Å². The molecule has 0 aromatic rings. The Balaban J connectivity index is 2.27. The van der Waals surface area contributed by atoms with Crippen molar-refractivity contribution in [1.29, 1.82) is 0 Å². The topological polar surface area (TPSA) is 0 Å². The van der Waals surface area contributed by atoms with Crippen LogP contribution in [0.15, 0.2) is 0 Å².